The van der Waals surface area contributed by atoms with Crippen LogP contribution in [0.1, 0.15) is 92.4 Å². The minimum absolute atomic E-state index is 0.525. The molecule has 21 heavy (non-hydrogen) atoms. The van der Waals surface area contributed by atoms with Crippen LogP contribution in [-0.4, -0.2) is 24.5 Å². The van der Waals surface area contributed by atoms with Gasteiger partial charge in [0.25, 0.3) is 0 Å². The Morgan fingerprint density at radius 2 is 1.62 bits per heavy atom. The number of likely N-dealkylation sites (tertiary alicyclic amines) is 1. The van der Waals surface area contributed by atoms with Crippen LogP contribution in [0.3, 0.4) is 0 Å². The first-order chi connectivity index (χ1) is 9.92. The van der Waals surface area contributed by atoms with Crippen LogP contribution in [0.2, 0.25) is 0 Å². The van der Waals surface area contributed by atoms with Gasteiger partial charge in [-0.3, -0.25) is 0 Å². The zero-order chi connectivity index (χ0) is 15.7. The quantitative estimate of drug-likeness (QED) is 0.462. The average molecular weight is 296 g/mol. The van der Waals surface area contributed by atoms with Gasteiger partial charge in [0.1, 0.15) is 0 Å². The molecule has 0 amide bonds. The van der Waals surface area contributed by atoms with Crippen molar-refractivity contribution < 1.29 is 0 Å². The van der Waals surface area contributed by atoms with Gasteiger partial charge in [0, 0.05) is 0 Å². The Kier molecular flexibility index (Phi) is 8.94. The van der Waals surface area contributed by atoms with Crippen LogP contribution in [0.4, 0.5) is 0 Å². The smallest absolute Gasteiger partial charge is 0.00160 e. The van der Waals surface area contributed by atoms with Crippen molar-refractivity contribution in [1.82, 2.24) is 4.90 Å². The number of piperidine rings is 1. The summed E-state index contributed by atoms with van der Waals surface area (Å²) in [5.74, 6) is 1.96. The summed E-state index contributed by atoms with van der Waals surface area (Å²) >= 11 is 0. The molecule has 0 radical (unpaired) electrons. The second-order valence-electron chi connectivity index (χ2n) is 8.67. The summed E-state index contributed by atoms with van der Waals surface area (Å²) in [5.41, 5.74) is 0.525. The van der Waals surface area contributed by atoms with Crippen LogP contribution in [0.5, 0.6) is 0 Å². The average Bonchev–Trinajstić information content (AvgIpc) is 2.42. The molecule has 0 aromatic rings. The first-order valence-electron chi connectivity index (χ1n) is 9.64. The molecule has 126 valence electrons. The summed E-state index contributed by atoms with van der Waals surface area (Å²) in [6.07, 6.45) is 12.8. The Bertz CT molecular complexity index is 245. The van der Waals surface area contributed by atoms with E-state index in [1.54, 1.807) is 0 Å². The van der Waals surface area contributed by atoms with Crippen molar-refractivity contribution in [3.05, 3.63) is 0 Å². The van der Waals surface area contributed by atoms with E-state index in [0.29, 0.717) is 5.41 Å². The first-order valence-corrected chi connectivity index (χ1v) is 9.64. The van der Waals surface area contributed by atoms with Gasteiger partial charge in [-0.15, -0.1) is 0 Å². The van der Waals surface area contributed by atoms with Gasteiger partial charge >= 0.3 is 0 Å². The molecule has 1 unspecified atom stereocenters. The van der Waals surface area contributed by atoms with Gasteiger partial charge < -0.3 is 4.90 Å². The molecule has 0 aromatic carbocycles. The lowest BCUT2D eigenvalue weighted by Crippen LogP contribution is -2.36. The van der Waals surface area contributed by atoms with E-state index in [9.17, 15) is 0 Å². The van der Waals surface area contributed by atoms with Crippen molar-refractivity contribution in [2.24, 2.45) is 17.3 Å². The highest BCUT2D eigenvalue weighted by Crippen LogP contribution is 2.28. The summed E-state index contributed by atoms with van der Waals surface area (Å²) in [4.78, 5) is 2.72. The molecular weight excluding hydrogens is 254 g/mol. The van der Waals surface area contributed by atoms with Crippen molar-refractivity contribution in [2.75, 3.05) is 19.6 Å². The Morgan fingerprint density at radius 1 is 1.00 bits per heavy atom. The predicted octanol–water partition coefficient (Wildman–Crippen LogP) is 6.13. The fraction of sp³-hybridized carbons (Fsp3) is 1.00. The number of hydrogen-bond donors (Lipinski definition) is 0. The van der Waals surface area contributed by atoms with Crippen molar-refractivity contribution in [3.63, 3.8) is 0 Å². The number of rotatable bonds is 9. The molecule has 1 rings (SSSR count). The lowest BCUT2D eigenvalue weighted by molar-refractivity contribution is 0.146. The second-order valence-corrected chi connectivity index (χ2v) is 8.67. The third-order valence-electron chi connectivity index (χ3n) is 5.33. The fourth-order valence-corrected chi connectivity index (χ4v) is 3.78. The van der Waals surface area contributed by atoms with Crippen LogP contribution in [0.15, 0.2) is 0 Å². The van der Waals surface area contributed by atoms with Gasteiger partial charge in [0.05, 0.1) is 0 Å². The fourth-order valence-electron chi connectivity index (χ4n) is 3.78. The van der Waals surface area contributed by atoms with Gasteiger partial charge in [0.15, 0.2) is 0 Å². The molecule has 1 fully saturated rings. The van der Waals surface area contributed by atoms with Crippen LogP contribution < -0.4 is 0 Å². The van der Waals surface area contributed by atoms with E-state index in [-0.39, 0.29) is 0 Å². The zero-order valence-electron chi connectivity index (χ0n) is 15.6. The monoisotopic (exact) mass is 295 g/mol. The summed E-state index contributed by atoms with van der Waals surface area (Å²) in [6.45, 7) is 15.9. The van der Waals surface area contributed by atoms with E-state index in [0.717, 1.165) is 11.8 Å². The molecule has 0 aromatic heterocycles. The standard InChI is InChI=1S/C20H41N/c1-6-11-18(2)19-12-16-21(17-13-19)15-10-8-7-9-14-20(3,4)5/h18-19H,6-17H2,1-5H3. The summed E-state index contributed by atoms with van der Waals surface area (Å²) in [6, 6.07) is 0. The molecule has 1 heteroatoms. The third kappa shape index (κ3) is 8.86. The van der Waals surface area contributed by atoms with E-state index in [1.807, 2.05) is 0 Å². The summed E-state index contributed by atoms with van der Waals surface area (Å²) in [7, 11) is 0. The van der Waals surface area contributed by atoms with Crippen LogP contribution in [0.25, 0.3) is 0 Å². The topological polar surface area (TPSA) is 3.24 Å². The second kappa shape index (κ2) is 9.87. The maximum absolute atomic E-state index is 2.72. The SMILES string of the molecule is CCCC(C)C1CCN(CCCCCCC(C)(C)C)CC1. The largest absolute Gasteiger partial charge is 0.303 e. The highest BCUT2D eigenvalue weighted by molar-refractivity contribution is 4.75. The van der Waals surface area contributed by atoms with Crippen LogP contribution >= 0.6 is 0 Å². The van der Waals surface area contributed by atoms with Crippen LogP contribution in [-0.2, 0) is 0 Å². The normalized spacial score (nSPS) is 19.9. The first kappa shape index (κ1) is 19.0. The van der Waals surface area contributed by atoms with Gasteiger partial charge in [-0.25, -0.2) is 0 Å². The van der Waals surface area contributed by atoms with Gasteiger partial charge in [-0.05, 0) is 62.6 Å². The molecular formula is C20H41N. The molecule has 0 saturated carbocycles. The number of unbranched alkanes of at least 4 members (excludes halogenated alkanes) is 3. The maximum atomic E-state index is 2.72. The summed E-state index contributed by atoms with van der Waals surface area (Å²) in [5, 5.41) is 0. The Morgan fingerprint density at radius 3 is 2.19 bits per heavy atom. The maximum Gasteiger partial charge on any atom is -0.00160 e. The molecule has 0 bridgehead atoms. The molecule has 1 atom stereocenters. The zero-order valence-corrected chi connectivity index (χ0v) is 15.6. The van der Waals surface area contributed by atoms with Crippen molar-refractivity contribution in [1.29, 1.82) is 0 Å². The van der Waals surface area contributed by atoms with E-state index in [4.69, 9.17) is 0 Å². The minimum atomic E-state index is 0.525. The van der Waals surface area contributed by atoms with Gasteiger partial charge in [0.2, 0.25) is 0 Å². The Hall–Kier alpha value is -0.0400. The molecule has 1 saturated heterocycles. The van der Waals surface area contributed by atoms with Gasteiger partial charge in [-0.2, -0.15) is 0 Å². The van der Waals surface area contributed by atoms with Gasteiger partial charge in [-0.1, -0.05) is 66.7 Å². The molecule has 0 N–H and O–H groups in total. The molecule has 1 heterocycles. The van der Waals surface area contributed by atoms with Crippen molar-refractivity contribution >= 4 is 0 Å². The number of hydrogen-bond acceptors (Lipinski definition) is 1. The van der Waals surface area contributed by atoms with E-state index < -0.39 is 0 Å². The van der Waals surface area contributed by atoms with Crippen LogP contribution in [0, 0.1) is 17.3 Å². The Labute approximate surface area is 134 Å². The minimum Gasteiger partial charge on any atom is -0.303 e. The molecule has 0 aliphatic carbocycles. The third-order valence-corrected chi connectivity index (χ3v) is 5.33. The van der Waals surface area contributed by atoms with E-state index in [1.165, 1.54) is 77.4 Å². The molecule has 1 aliphatic rings. The molecule has 0 spiro atoms. The lowest BCUT2D eigenvalue weighted by atomic mass is 9.83. The molecule has 1 aliphatic heterocycles. The molecule has 1 nitrogen and oxygen atoms in total. The number of nitrogens with zero attached hydrogens (tertiary/aromatic N) is 1. The van der Waals surface area contributed by atoms with Crippen molar-refractivity contribution in [2.45, 2.75) is 92.4 Å². The Balaban J connectivity index is 2.01. The highest BCUT2D eigenvalue weighted by Gasteiger charge is 2.22. The van der Waals surface area contributed by atoms with E-state index in [2.05, 4.69) is 39.5 Å². The highest BCUT2D eigenvalue weighted by atomic mass is 15.1. The predicted molar refractivity (Wildman–Crippen MR) is 95.8 cm³/mol. The summed E-state index contributed by atoms with van der Waals surface area (Å²) < 4.78 is 0. The van der Waals surface area contributed by atoms with E-state index >= 15 is 0 Å². The van der Waals surface area contributed by atoms with Crippen molar-refractivity contribution in [3.8, 4) is 0 Å². The lowest BCUT2D eigenvalue weighted by Gasteiger charge is -2.35.